The van der Waals surface area contributed by atoms with Gasteiger partial charge in [-0.2, -0.15) is 0 Å². The average molecular weight is 235 g/mol. The Labute approximate surface area is 92.2 Å². The van der Waals surface area contributed by atoms with Crippen molar-refractivity contribution in [2.75, 3.05) is 6.54 Å². The first-order chi connectivity index (χ1) is 7.07. The fraction of sp³-hybridized carbons (Fsp3) is 0.400. The number of rotatable bonds is 4. The van der Waals surface area contributed by atoms with Crippen LogP contribution in [-0.4, -0.2) is 6.54 Å². The Morgan fingerprint density at radius 2 is 2.00 bits per heavy atom. The summed E-state index contributed by atoms with van der Waals surface area (Å²) in [5.41, 5.74) is 10.8. The number of halogens is 3. The fourth-order valence-corrected chi connectivity index (χ4v) is 1.53. The zero-order valence-corrected chi connectivity index (χ0v) is 8.90. The van der Waals surface area contributed by atoms with E-state index in [4.69, 9.17) is 23.1 Å². The van der Waals surface area contributed by atoms with Gasteiger partial charge in [0.15, 0.2) is 0 Å². The minimum atomic E-state index is -0.777. The summed E-state index contributed by atoms with van der Waals surface area (Å²) in [5, 5.41) is -0.116. The van der Waals surface area contributed by atoms with Crippen LogP contribution in [0.3, 0.4) is 0 Å². The molecule has 1 aromatic carbocycles. The Morgan fingerprint density at radius 3 is 2.60 bits per heavy atom. The monoisotopic (exact) mass is 234 g/mol. The molecule has 0 aliphatic heterocycles. The van der Waals surface area contributed by atoms with Crippen LogP contribution in [0.15, 0.2) is 12.1 Å². The smallest absolute Gasteiger partial charge is 0.149 e. The van der Waals surface area contributed by atoms with E-state index in [2.05, 4.69) is 0 Å². The van der Waals surface area contributed by atoms with Crippen LogP contribution in [0.4, 0.5) is 8.78 Å². The molecule has 0 aromatic heterocycles. The third kappa shape index (κ3) is 2.87. The van der Waals surface area contributed by atoms with Gasteiger partial charge in [-0.3, -0.25) is 0 Å². The van der Waals surface area contributed by atoms with Gasteiger partial charge < -0.3 is 11.5 Å². The molecule has 0 spiro atoms. The molecule has 0 saturated carbocycles. The van der Waals surface area contributed by atoms with Crippen LogP contribution in [0.5, 0.6) is 0 Å². The molecule has 84 valence electrons. The normalized spacial score (nSPS) is 12.9. The summed E-state index contributed by atoms with van der Waals surface area (Å²) in [6.45, 7) is 0.442. The van der Waals surface area contributed by atoms with Crippen molar-refractivity contribution in [1.29, 1.82) is 0 Å². The summed E-state index contributed by atoms with van der Waals surface area (Å²) < 4.78 is 26.8. The predicted molar refractivity (Wildman–Crippen MR) is 56.6 cm³/mol. The molecule has 1 rings (SSSR count). The highest BCUT2D eigenvalue weighted by atomic mass is 35.5. The van der Waals surface area contributed by atoms with Gasteiger partial charge in [-0.05, 0) is 31.5 Å². The van der Waals surface area contributed by atoms with E-state index in [0.717, 1.165) is 6.07 Å². The largest absolute Gasteiger partial charge is 0.330 e. The number of hydrogen-bond acceptors (Lipinski definition) is 2. The maximum Gasteiger partial charge on any atom is 0.149 e. The van der Waals surface area contributed by atoms with Crippen LogP contribution in [-0.2, 0) is 0 Å². The summed E-state index contributed by atoms with van der Waals surface area (Å²) in [7, 11) is 0. The van der Waals surface area contributed by atoms with Crippen LogP contribution in [0.1, 0.15) is 24.4 Å². The maximum atomic E-state index is 13.5. The van der Waals surface area contributed by atoms with E-state index in [1.54, 1.807) is 0 Å². The quantitative estimate of drug-likeness (QED) is 0.786. The van der Waals surface area contributed by atoms with Gasteiger partial charge >= 0.3 is 0 Å². The molecule has 0 bridgehead atoms. The first-order valence-corrected chi connectivity index (χ1v) is 5.04. The van der Waals surface area contributed by atoms with E-state index >= 15 is 0 Å². The molecule has 0 unspecified atom stereocenters. The molecule has 0 saturated heterocycles. The van der Waals surface area contributed by atoms with E-state index in [9.17, 15) is 8.78 Å². The van der Waals surface area contributed by atoms with Crippen LogP contribution in [0, 0.1) is 11.6 Å². The molecule has 15 heavy (non-hydrogen) atoms. The first-order valence-electron chi connectivity index (χ1n) is 4.67. The predicted octanol–water partition coefficient (Wildman–Crippen LogP) is 2.36. The Balaban J connectivity index is 2.96. The van der Waals surface area contributed by atoms with Crippen molar-refractivity contribution >= 4 is 11.6 Å². The highest BCUT2D eigenvalue weighted by Crippen LogP contribution is 2.27. The van der Waals surface area contributed by atoms with Crippen molar-refractivity contribution in [2.24, 2.45) is 11.5 Å². The maximum absolute atomic E-state index is 13.5. The summed E-state index contributed by atoms with van der Waals surface area (Å²) in [4.78, 5) is 0. The van der Waals surface area contributed by atoms with Gasteiger partial charge in [-0.15, -0.1) is 0 Å². The highest BCUT2D eigenvalue weighted by molar-refractivity contribution is 6.30. The van der Waals surface area contributed by atoms with E-state index in [0.29, 0.717) is 19.4 Å². The topological polar surface area (TPSA) is 52.0 Å². The molecular formula is C10H13ClF2N2. The van der Waals surface area contributed by atoms with Gasteiger partial charge in [0, 0.05) is 11.6 Å². The molecule has 0 amide bonds. The summed E-state index contributed by atoms with van der Waals surface area (Å²) in [6.07, 6.45) is 1.05. The lowest BCUT2D eigenvalue weighted by molar-refractivity contribution is 0.506. The molecule has 5 heteroatoms. The molecule has 4 N–H and O–H groups in total. The SMILES string of the molecule is NCCC[C@@H](N)c1c(F)ccc(Cl)c1F. The minimum Gasteiger partial charge on any atom is -0.330 e. The molecule has 0 aliphatic rings. The van der Waals surface area contributed by atoms with Crippen molar-refractivity contribution in [3.63, 3.8) is 0 Å². The average Bonchev–Trinajstić information content (AvgIpc) is 2.21. The van der Waals surface area contributed by atoms with Crippen molar-refractivity contribution in [1.82, 2.24) is 0 Å². The van der Waals surface area contributed by atoms with Gasteiger partial charge in [0.1, 0.15) is 11.6 Å². The minimum absolute atomic E-state index is 0.116. The van der Waals surface area contributed by atoms with Crippen molar-refractivity contribution in [3.8, 4) is 0 Å². The number of benzene rings is 1. The molecule has 1 aromatic rings. The zero-order chi connectivity index (χ0) is 11.4. The van der Waals surface area contributed by atoms with Gasteiger partial charge in [0.05, 0.1) is 5.02 Å². The molecule has 0 aliphatic carbocycles. The molecular weight excluding hydrogens is 222 g/mol. The lowest BCUT2D eigenvalue weighted by Gasteiger charge is -2.13. The lowest BCUT2D eigenvalue weighted by atomic mass is 10.0. The Hall–Kier alpha value is -0.710. The van der Waals surface area contributed by atoms with Gasteiger partial charge in [-0.1, -0.05) is 11.6 Å². The zero-order valence-electron chi connectivity index (χ0n) is 8.14. The molecule has 0 fully saturated rings. The van der Waals surface area contributed by atoms with Crippen molar-refractivity contribution in [2.45, 2.75) is 18.9 Å². The third-order valence-electron chi connectivity index (χ3n) is 2.17. The summed E-state index contributed by atoms with van der Waals surface area (Å²) in [6, 6.07) is 1.58. The molecule has 1 atom stereocenters. The lowest BCUT2D eigenvalue weighted by Crippen LogP contribution is -2.16. The number of nitrogens with two attached hydrogens (primary N) is 2. The van der Waals surface area contributed by atoms with Gasteiger partial charge in [0.25, 0.3) is 0 Å². The Morgan fingerprint density at radius 1 is 1.33 bits per heavy atom. The van der Waals surface area contributed by atoms with Gasteiger partial charge in [0.2, 0.25) is 0 Å². The van der Waals surface area contributed by atoms with Crippen molar-refractivity contribution < 1.29 is 8.78 Å². The Kier molecular flexibility index (Phi) is 4.45. The van der Waals surface area contributed by atoms with Crippen LogP contribution >= 0.6 is 11.6 Å². The summed E-state index contributed by atoms with van der Waals surface area (Å²) in [5.74, 6) is -1.44. The molecule has 0 radical (unpaired) electrons. The summed E-state index contributed by atoms with van der Waals surface area (Å²) >= 11 is 5.54. The Bertz CT molecular complexity index is 344. The van der Waals surface area contributed by atoms with Crippen molar-refractivity contribution in [3.05, 3.63) is 34.4 Å². The first kappa shape index (κ1) is 12.4. The number of hydrogen-bond donors (Lipinski definition) is 2. The van der Waals surface area contributed by atoms with Gasteiger partial charge in [-0.25, -0.2) is 8.78 Å². The van der Waals surface area contributed by atoms with E-state index in [1.165, 1.54) is 6.07 Å². The van der Waals surface area contributed by atoms with E-state index < -0.39 is 17.7 Å². The van der Waals surface area contributed by atoms with Crippen LogP contribution < -0.4 is 11.5 Å². The standard InChI is InChI=1S/C10H13ClF2N2/c11-6-3-4-7(12)9(10(6)13)8(15)2-1-5-14/h3-4,8H,1-2,5,14-15H2/t8-/m1/s1. The van der Waals surface area contributed by atoms with E-state index in [-0.39, 0.29) is 10.6 Å². The van der Waals surface area contributed by atoms with Crippen LogP contribution in [0.2, 0.25) is 5.02 Å². The third-order valence-corrected chi connectivity index (χ3v) is 2.46. The second-order valence-corrected chi connectivity index (χ2v) is 3.70. The second-order valence-electron chi connectivity index (χ2n) is 3.29. The van der Waals surface area contributed by atoms with E-state index in [1.807, 2.05) is 0 Å². The molecule has 0 heterocycles. The molecule has 2 nitrogen and oxygen atoms in total. The highest BCUT2D eigenvalue weighted by Gasteiger charge is 2.18. The fourth-order valence-electron chi connectivity index (χ4n) is 1.36. The van der Waals surface area contributed by atoms with Crippen LogP contribution in [0.25, 0.3) is 0 Å². The second kappa shape index (κ2) is 5.39.